The van der Waals surface area contributed by atoms with Gasteiger partial charge >= 0.3 is 17.9 Å². The summed E-state index contributed by atoms with van der Waals surface area (Å²) in [6.07, 6.45) is -4.80. The van der Waals surface area contributed by atoms with Gasteiger partial charge in [0.1, 0.15) is 4.83 Å². The van der Waals surface area contributed by atoms with Crippen molar-refractivity contribution in [3.63, 3.8) is 0 Å². The van der Waals surface area contributed by atoms with Crippen LogP contribution in [0.15, 0.2) is 121 Å². The Bertz CT molecular complexity index is 1600. The first-order chi connectivity index (χ1) is 21.3. The number of esters is 3. The Kier molecular flexibility index (Phi) is 9.64. The van der Waals surface area contributed by atoms with Gasteiger partial charge in [-0.15, -0.1) is 0 Å². The van der Waals surface area contributed by atoms with Crippen molar-refractivity contribution >= 4 is 39.6 Å². The van der Waals surface area contributed by atoms with Crippen LogP contribution in [0.2, 0.25) is 0 Å². The van der Waals surface area contributed by atoms with Crippen molar-refractivity contribution in [2.45, 2.75) is 28.9 Å². The summed E-state index contributed by atoms with van der Waals surface area (Å²) < 4.78 is 23.2. The highest BCUT2D eigenvalue weighted by Crippen LogP contribution is 2.38. The minimum atomic E-state index is -2.57. The van der Waals surface area contributed by atoms with E-state index in [0.29, 0.717) is 0 Å². The van der Waals surface area contributed by atoms with Gasteiger partial charge in [0.05, 0.1) is 23.3 Å². The molecule has 1 N–H and O–H groups in total. The summed E-state index contributed by atoms with van der Waals surface area (Å²) >= 11 is 3.27. The van der Waals surface area contributed by atoms with Crippen molar-refractivity contribution in [2.75, 3.05) is 6.61 Å². The van der Waals surface area contributed by atoms with E-state index in [9.17, 15) is 24.3 Å². The second-order valence-electron chi connectivity index (χ2n) is 9.89. The van der Waals surface area contributed by atoms with E-state index in [0.717, 1.165) is 0 Å². The number of ether oxygens (including phenoxy) is 4. The molecular weight excluding hydrogens is 632 g/mol. The van der Waals surface area contributed by atoms with Crippen LogP contribution in [-0.4, -0.2) is 64.3 Å². The first-order valence-corrected chi connectivity index (χ1v) is 14.6. The number of ketones is 1. The molecule has 1 saturated heterocycles. The number of rotatable bonds is 9. The zero-order valence-corrected chi connectivity index (χ0v) is 24.7. The summed E-state index contributed by atoms with van der Waals surface area (Å²) in [7, 11) is 0. The van der Waals surface area contributed by atoms with Crippen molar-refractivity contribution in [1.82, 2.24) is 0 Å². The largest absolute Gasteiger partial charge is 0.452 e. The molecule has 9 nitrogen and oxygen atoms in total. The maximum Gasteiger partial charge on any atom is 0.338 e. The lowest BCUT2D eigenvalue weighted by atomic mass is 9.90. The van der Waals surface area contributed by atoms with Gasteiger partial charge in [0, 0.05) is 5.56 Å². The smallest absolute Gasteiger partial charge is 0.338 e. The number of hydrogen-bond acceptors (Lipinski definition) is 9. The maximum atomic E-state index is 13.5. The number of benzene rings is 4. The van der Waals surface area contributed by atoms with Crippen LogP contribution in [0.1, 0.15) is 41.4 Å². The van der Waals surface area contributed by atoms with Gasteiger partial charge in [-0.05, 0) is 36.4 Å². The topological polar surface area (TPSA) is 125 Å². The lowest BCUT2D eigenvalue weighted by molar-refractivity contribution is -0.312. The minimum Gasteiger partial charge on any atom is -0.452 e. The van der Waals surface area contributed by atoms with Crippen LogP contribution in [0, 0.1) is 0 Å². The fourth-order valence-electron chi connectivity index (χ4n) is 4.67. The molecule has 0 spiro atoms. The van der Waals surface area contributed by atoms with Crippen LogP contribution >= 0.6 is 15.9 Å². The Morgan fingerprint density at radius 1 is 0.636 bits per heavy atom. The van der Waals surface area contributed by atoms with Crippen LogP contribution in [0.5, 0.6) is 0 Å². The van der Waals surface area contributed by atoms with E-state index in [4.69, 9.17) is 18.9 Å². The van der Waals surface area contributed by atoms with E-state index in [1.165, 1.54) is 36.4 Å². The van der Waals surface area contributed by atoms with E-state index in [-0.39, 0.29) is 22.3 Å². The van der Waals surface area contributed by atoms with Crippen molar-refractivity contribution < 1.29 is 43.2 Å². The van der Waals surface area contributed by atoms with Gasteiger partial charge in [-0.25, -0.2) is 14.4 Å². The van der Waals surface area contributed by atoms with Crippen LogP contribution in [0.3, 0.4) is 0 Å². The molecule has 1 aliphatic heterocycles. The van der Waals surface area contributed by atoms with Crippen molar-refractivity contribution in [1.29, 1.82) is 0 Å². The van der Waals surface area contributed by atoms with E-state index >= 15 is 0 Å². The molecule has 1 heterocycles. The number of carbonyl (C=O) groups excluding carboxylic acids is 4. The molecule has 5 rings (SSSR count). The lowest BCUT2D eigenvalue weighted by Gasteiger charge is -2.47. The second-order valence-corrected chi connectivity index (χ2v) is 10.8. The van der Waals surface area contributed by atoms with E-state index < -0.39 is 59.2 Å². The molecule has 0 aromatic heterocycles. The van der Waals surface area contributed by atoms with Crippen LogP contribution < -0.4 is 0 Å². The molecule has 10 heteroatoms. The predicted molar refractivity (Wildman–Crippen MR) is 161 cm³/mol. The maximum absolute atomic E-state index is 13.5. The normalized spacial score (nSPS) is 21.8. The van der Waals surface area contributed by atoms with E-state index in [1.807, 2.05) is 0 Å². The molecule has 0 amide bonds. The number of Topliss-reactive ketones (excluding diaryl/α,β-unsaturated/α-hetero) is 1. The molecule has 4 aromatic rings. The number of halogens is 1. The molecule has 0 saturated carbocycles. The van der Waals surface area contributed by atoms with E-state index in [2.05, 4.69) is 15.9 Å². The molecule has 0 radical (unpaired) electrons. The molecule has 1 aliphatic rings. The third kappa shape index (κ3) is 6.78. The van der Waals surface area contributed by atoms with Gasteiger partial charge < -0.3 is 24.1 Å². The van der Waals surface area contributed by atoms with Gasteiger partial charge in [-0.2, -0.15) is 0 Å². The Hall–Kier alpha value is -4.64. The van der Waals surface area contributed by atoms with Crippen LogP contribution in [0.4, 0.5) is 0 Å². The van der Waals surface area contributed by atoms with Gasteiger partial charge in [0.2, 0.25) is 5.79 Å². The summed E-state index contributed by atoms with van der Waals surface area (Å²) in [4.78, 5) is 51.8. The minimum absolute atomic E-state index is 0.117. The molecule has 5 atom stereocenters. The Morgan fingerprint density at radius 3 is 1.48 bits per heavy atom. The molecule has 1 unspecified atom stereocenters. The van der Waals surface area contributed by atoms with Crippen LogP contribution in [-0.2, 0) is 18.9 Å². The highest BCUT2D eigenvalue weighted by molar-refractivity contribution is 9.10. The zero-order valence-electron chi connectivity index (χ0n) is 23.2. The molecule has 0 aliphatic carbocycles. The highest BCUT2D eigenvalue weighted by atomic mass is 79.9. The third-order valence-electron chi connectivity index (χ3n) is 6.97. The Morgan fingerprint density at radius 2 is 1.02 bits per heavy atom. The van der Waals surface area contributed by atoms with Crippen LogP contribution in [0.25, 0.3) is 0 Å². The van der Waals surface area contributed by atoms with Gasteiger partial charge in [-0.3, -0.25) is 4.79 Å². The molecule has 224 valence electrons. The van der Waals surface area contributed by atoms with E-state index in [1.54, 1.807) is 84.9 Å². The van der Waals surface area contributed by atoms with Crippen molar-refractivity contribution in [2.24, 2.45) is 0 Å². The zero-order chi connectivity index (χ0) is 31.1. The summed E-state index contributed by atoms with van der Waals surface area (Å²) in [5.74, 6) is -5.69. The summed E-state index contributed by atoms with van der Waals surface area (Å²) in [6.45, 7) is -0.509. The molecular formula is C34H27BrO9. The first kappa shape index (κ1) is 30.8. The molecule has 4 aromatic carbocycles. The average Bonchev–Trinajstić information content (AvgIpc) is 3.08. The highest BCUT2D eigenvalue weighted by Gasteiger charge is 2.60. The predicted octanol–water partition coefficient (Wildman–Crippen LogP) is 5.03. The number of alkyl halides is 1. The van der Waals surface area contributed by atoms with Gasteiger partial charge in [0.15, 0.2) is 24.1 Å². The lowest BCUT2D eigenvalue weighted by Crippen LogP contribution is -2.68. The number of aliphatic hydroxyl groups is 1. The fraction of sp³-hybridized carbons (Fsp3) is 0.176. The van der Waals surface area contributed by atoms with Gasteiger partial charge in [-0.1, -0.05) is 101 Å². The third-order valence-corrected chi connectivity index (χ3v) is 8.04. The molecule has 0 bridgehead atoms. The fourth-order valence-corrected chi connectivity index (χ4v) is 5.33. The summed E-state index contributed by atoms with van der Waals surface area (Å²) in [5, 5.41) is 12.1. The number of hydrogen-bond donors (Lipinski definition) is 1. The SMILES string of the molecule is O=C(O[C@@H]1[C@H](OC(=O)c2ccccc2)CO[C@@](O)(C(Br)C(=O)c2ccccc2)[C@H]1OC(=O)c1ccccc1)c1ccccc1. The second kappa shape index (κ2) is 13.8. The van der Waals surface area contributed by atoms with Crippen molar-refractivity contribution in [3.8, 4) is 0 Å². The Labute approximate surface area is 261 Å². The quantitative estimate of drug-likeness (QED) is 0.114. The van der Waals surface area contributed by atoms with Crippen molar-refractivity contribution in [3.05, 3.63) is 144 Å². The summed E-state index contributed by atoms with van der Waals surface area (Å²) in [5.41, 5.74) is 0.707. The Balaban J connectivity index is 1.55. The van der Waals surface area contributed by atoms with Gasteiger partial charge in [0.25, 0.3) is 0 Å². The summed E-state index contributed by atoms with van der Waals surface area (Å²) in [6, 6.07) is 32.1. The standard InChI is InChI=1S/C34H27BrO9/c35-29(27(36)22-13-5-1-6-14-22)34(40)30(44-33(39)25-19-11-4-12-20-25)28(43-32(38)24-17-9-3-10-18-24)26(21-41-34)42-31(37)23-15-7-2-8-16-23/h1-20,26,28-30,40H,21H2/t26-,28-,29?,30+,34+/m1/s1. The monoisotopic (exact) mass is 658 g/mol. The molecule has 1 fully saturated rings. The first-order valence-electron chi connectivity index (χ1n) is 13.7. The number of carbonyl (C=O) groups is 4. The molecule has 44 heavy (non-hydrogen) atoms. The average molecular weight is 659 g/mol.